The van der Waals surface area contributed by atoms with Gasteiger partial charge in [-0.3, -0.25) is 0 Å². The summed E-state index contributed by atoms with van der Waals surface area (Å²) in [6, 6.07) is 8.04. The molecule has 0 aromatic heterocycles. The molecule has 1 aromatic carbocycles. The van der Waals surface area contributed by atoms with Gasteiger partial charge in [-0.2, -0.15) is 0 Å². The summed E-state index contributed by atoms with van der Waals surface area (Å²) in [6.45, 7) is 5.06. The molecular weight excluding hydrogens is 330 g/mol. The van der Waals surface area contributed by atoms with E-state index in [1.807, 2.05) is 30.3 Å². The van der Waals surface area contributed by atoms with Gasteiger partial charge in [0.15, 0.2) is 6.04 Å². The molecule has 0 aliphatic carbocycles. The molecule has 0 saturated heterocycles. The number of rotatable bonds is 6. The molecule has 0 fully saturated rings. The van der Waals surface area contributed by atoms with E-state index in [-0.39, 0.29) is 13.2 Å². The maximum Gasteiger partial charge on any atom is 0.515 e. The van der Waals surface area contributed by atoms with Crippen molar-refractivity contribution in [1.29, 1.82) is 0 Å². The Bertz CT molecular complexity index is 580. The van der Waals surface area contributed by atoms with Crippen molar-refractivity contribution in [3.8, 4) is 0 Å². The van der Waals surface area contributed by atoms with Crippen molar-refractivity contribution < 1.29 is 33.3 Å². The highest BCUT2D eigenvalue weighted by Crippen LogP contribution is 2.08. The van der Waals surface area contributed by atoms with Gasteiger partial charge in [0, 0.05) is 0 Å². The highest BCUT2D eigenvalue weighted by atomic mass is 16.7. The summed E-state index contributed by atoms with van der Waals surface area (Å²) in [5.41, 5.74) is 0.144. The molecule has 1 aromatic rings. The van der Waals surface area contributed by atoms with Crippen LogP contribution in [0, 0.1) is 0 Å². The predicted molar refractivity (Wildman–Crippen MR) is 87.8 cm³/mol. The van der Waals surface area contributed by atoms with Gasteiger partial charge >= 0.3 is 18.2 Å². The molecule has 0 heterocycles. The third-order valence-electron chi connectivity index (χ3n) is 2.72. The van der Waals surface area contributed by atoms with Crippen LogP contribution in [0.25, 0.3) is 0 Å². The Hall–Kier alpha value is -2.61. The first-order valence-corrected chi connectivity index (χ1v) is 7.62. The van der Waals surface area contributed by atoms with Gasteiger partial charge in [0.2, 0.25) is 0 Å². The minimum absolute atomic E-state index is 0.204. The SMILES string of the molecule is COC(=O)OC(=O)[C@@H](COCc1ccccc1)NC(=O)OC(C)(C)C. The lowest BCUT2D eigenvalue weighted by molar-refractivity contribution is -0.143. The fourth-order valence-electron chi connectivity index (χ4n) is 1.68. The Labute approximate surface area is 146 Å². The molecule has 0 unspecified atom stereocenters. The molecule has 8 nitrogen and oxygen atoms in total. The largest absolute Gasteiger partial charge is 0.515 e. The van der Waals surface area contributed by atoms with Gasteiger partial charge in [-0.15, -0.1) is 0 Å². The van der Waals surface area contributed by atoms with Gasteiger partial charge in [0.1, 0.15) is 5.60 Å². The van der Waals surface area contributed by atoms with E-state index in [0.29, 0.717) is 0 Å². The molecule has 0 aliphatic rings. The summed E-state index contributed by atoms with van der Waals surface area (Å²) in [6.07, 6.45) is -2.01. The minimum atomic E-state index is -1.22. The summed E-state index contributed by atoms with van der Waals surface area (Å²) in [4.78, 5) is 34.9. The van der Waals surface area contributed by atoms with Crippen LogP contribution >= 0.6 is 0 Å². The standard InChI is InChI=1S/C17H23NO7/c1-17(2,3)25-15(20)18-13(14(19)24-16(21)22-4)11-23-10-12-8-6-5-7-9-12/h5-9,13H,10-11H2,1-4H3,(H,18,20)/t13-/m1/s1. The topological polar surface area (TPSA) is 100 Å². The Kier molecular flexibility index (Phi) is 7.87. The normalized spacial score (nSPS) is 12.0. The minimum Gasteiger partial charge on any atom is -0.444 e. The van der Waals surface area contributed by atoms with E-state index < -0.39 is 29.9 Å². The third kappa shape index (κ3) is 8.71. The molecule has 8 heteroatoms. The number of ether oxygens (including phenoxy) is 4. The Morgan fingerprint density at radius 1 is 1.12 bits per heavy atom. The van der Waals surface area contributed by atoms with E-state index in [4.69, 9.17) is 9.47 Å². The first-order valence-electron chi connectivity index (χ1n) is 7.62. The highest BCUT2D eigenvalue weighted by molar-refractivity contribution is 5.88. The van der Waals surface area contributed by atoms with Crippen LogP contribution in [0.5, 0.6) is 0 Å². The van der Waals surface area contributed by atoms with Crippen molar-refractivity contribution in [2.24, 2.45) is 0 Å². The van der Waals surface area contributed by atoms with Crippen molar-refractivity contribution in [3.63, 3.8) is 0 Å². The van der Waals surface area contributed by atoms with Crippen molar-refractivity contribution in [2.45, 2.75) is 39.0 Å². The van der Waals surface area contributed by atoms with Crippen LogP contribution in [-0.2, 0) is 30.3 Å². The fraction of sp³-hybridized carbons (Fsp3) is 0.471. The van der Waals surface area contributed by atoms with Crippen molar-refractivity contribution in [1.82, 2.24) is 5.32 Å². The van der Waals surface area contributed by atoms with Crippen molar-refractivity contribution in [3.05, 3.63) is 35.9 Å². The summed E-state index contributed by atoms with van der Waals surface area (Å²) >= 11 is 0. The summed E-state index contributed by atoms with van der Waals surface area (Å²) in [5.74, 6) is -1.01. The smallest absolute Gasteiger partial charge is 0.444 e. The quantitative estimate of drug-likeness (QED) is 0.619. The first-order chi connectivity index (χ1) is 11.7. The van der Waals surface area contributed by atoms with Crippen LogP contribution in [0.1, 0.15) is 26.3 Å². The maximum atomic E-state index is 12.0. The van der Waals surface area contributed by atoms with Crippen LogP contribution in [0.3, 0.4) is 0 Å². The number of hydrogen-bond donors (Lipinski definition) is 1. The van der Waals surface area contributed by atoms with E-state index in [1.165, 1.54) is 0 Å². The zero-order valence-electron chi connectivity index (χ0n) is 14.7. The zero-order valence-corrected chi connectivity index (χ0v) is 14.7. The molecule has 1 atom stereocenters. The van der Waals surface area contributed by atoms with Gasteiger partial charge in [0.05, 0.1) is 20.3 Å². The molecule has 25 heavy (non-hydrogen) atoms. The van der Waals surface area contributed by atoms with Gasteiger partial charge in [-0.05, 0) is 26.3 Å². The molecule has 0 bridgehead atoms. The molecule has 0 saturated carbocycles. The van der Waals surface area contributed by atoms with E-state index in [2.05, 4.69) is 14.8 Å². The van der Waals surface area contributed by atoms with Crippen molar-refractivity contribution in [2.75, 3.05) is 13.7 Å². The monoisotopic (exact) mass is 353 g/mol. The second-order valence-corrected chi connectivity index (χ2v) is 6.07. The molecule has 1 rings (SSSR count). The van der Waals surface area contributed by atoms with E-state index in [1.54, 1.807) is 20.8 Å². The zero-order chi connectivity index (χ0) is 18.9. The van der Waals surface area contributed by atoms with Crippen LogP contribution in [0.2, 0.25) is 0 Å². The Morgan fingerprint density at radius 3 is 2.32 bits per heavy atom. The Morgan fingerprint density at radius 2 is 1.76 bits per heavy atom. The van der Waals surface area contributed by atoms with Gasteiger partial charge in [-0.25, -0.2) is 14.4 Å². The molecule has 138 valence electrons. The second kappa shape index (κ2) is 9.63. The Balaban J connectivity index is 2.64. The van der Waals surface area contributed by atoms with E-state index in [9.17, 15) is 14.4 Å². The van der Waals surface area contributed by atoms with E-state index in [0.717, 1.165) is 12.7 Å². The average Bonchev–Trinajstić information content (AvgIpc) is 2.53. The number of carbonyl (C=O) groups excluding carboxylic acids is 3. The molecule has 0 spiro atoms. The van der Waals surface area contributed by atoms with E-state index >= 15 is 0 Å². The van der Waals surface area contributed by atoms with Gasteiger partial charge in [-0.1, -0.05) is 30.3 Å². The lowest BCUT2D eigenvalue weighted by Crippen LogP contribution is -2.47. The lowest BCUT2D eigenvalue weighted by Gasteiger charge is -2.22. The molecule has 0 aliphatic heterocycles. The number of hydrogen-bond acceptors (Lipinski definition) is 7. The second-order valence-electron chi connectivity index (χ2n) is 6.07. The number of nitrogens with one attached hydrogen (secondary N) is 1. The lowest BCUT2D eigenvalue weighted by atomic mass is 10.2. The number of benzene rings is 1. The summed E-state index contributed by atoms with van der Waals surface area (Å²) in [5, 5.41) is 2.32. The summed E-state index contributed by atoms with van der Waals surface area (Å²) < 4.78 is 19.2. The van der Waals surface area contributed by atoms with Crippen molar-refractivity contribution >= 4 is 18.2 Å². The third-order valence-corrected chi connectivity index (χ3v) is 2.72. The number of methoxy groups -OCH3 is 1. The maximum absolute atomic E-state index is 12.0. The first kappa shape index (κ1) is 20.4. The molecule has 1 N–H and O–H groups in total. The highest BCUT2D eigenvalue weighted by Gasteiger charge is 2.27. The number of carbonyl (C=O) groups is 3. The number of amides is 1. The molecule has 1 amide bonds. The van der Waals surface area contributed by atoms with Crippen LogP contribution < -0.4 is 5.32 Å². The van der Waals surface area contributed by atoms with Crippen LogP contribution in [0.4, 0.5) is 9.59 Å². The average molecular weight is 353 g/mol. The number of esters is 1. The molecule has 0 radical (unpaired) electrons. The molecular formula is C17H23NO7. The number of alkyl carbamates (subject to hydrolysis) is 1. The van der Waals surface area contributed by atoms with Crippen LogP contribution in [-0.4, -0.2) is 43.6 Å². The summed E-state index contributed by atoms with van der Waals surface area (Å²) in [7, 11) is 1.07. The predicted octanol–water partition coefficient (Wildman–Crippen LogP) is 2.41. The fourth-order valence-corrected chi connectivity index (χ4v) is 1.68. The van der Waals surface area contributed by atoms with Crippen LogP contribution in [0.15, 0.2) is 30.3 Å². The van der Waals surface area contributed by atoms with Gasteiger partial charge in [0.25, 0.3) is 0 Å². The van der Waals surface area contributed by atoms with Gasteiger partial charge < -0.3 is 24.3 Å².